The Balaban J connectivity index is 2.07. The van der Waals surface area contributed by atoms with E-state index in [0.717, 1.165) is 19.3 Å². The Bertz CT molecular complexity index is 273. The molecule has 4 nitrogen and oxygen atoms in total. The summed E-state index contributed by atoms with van der Waals surface area (Å²) in [7, 11) is 0. The second kappa shape index (κ2) is 5.36. The van der Waals surface area contributed by atoms with Crippen LogP contribution < -0.4 is 5.73 Å². The van der Waals surface area contributed by atoms with Gasteiger partial charge >= 0.3 is 0 Å². The first-order chi connectivity index (χ1) is 8.15. The normalized spacial score (nSPS) is 38.4. The van der Waals surface area contributed by atoms with Gasteiger partial charge in [0.05, 0.1) is 25.3 Å². The molecule has 1 aliphatic heterocycles. The molecule has 1 saturated heterocycles. The van der Waals surface area contributed by atoms with E-state index in [0.29, 0.717) is 31.6 Å². The maximum absolute atomic E-state index is 12.6. The van der Waals surface area contributed by atoms with Gasteiger partial charge in [-0.3, -0.25) is 4.79 Å². The fourth-order valence-electron chi connectivity index (χ4n) is 3.27. The van der Waals surface area contributed by atoms with Crippen molar-refractivity contribution in [2.75, 3.05) is 19.8 Å². The van der Waals surface area contributed by atoms with Gasteiger partial charge < -0.3 is 15.4 Å². The summed E-state index contributed by atoms with van der Waals surface area (Å²) < 4.78 is 5.47. The van der Waals surface area contributed by atoms with E-state index in [2.05, 4.69) is 13.8 Å². The third-order valence-electron chi connectivity index (χ3n) is 4.20. The Kier molecular flexibility index (Phi) is 4.05. The topological polar surface area (TPSA) is 55.6 Å². The minimum absolute atomic E-state index is 0.156. The molecule has 1 aliphatic carbocycles. The average molecular weight is 240 g/mol. The van der Waals surface area contributed by atoms with Gasteiger partial charge in [0, 0.05) is 5.92 Å². The van der Waals surface area contributed by atoms with Gasteiger partial charge in [-0.2, -0.15) is 0 Å². The molecule has 98 valence electrons. The fourth-order valence-corrected chi connectivity index (χ4v) is 3.27. The number of hydrogen-bond donors (Lipinski definition) is 1. The molecular formula is C13H24N2O2. The van der Waals surface area contributed by atoms with Crippen LogP contribution in [0.3, 0.4) is 0 Å². The van der Waals surface area contributed by atoms with Crippen LogP contribution >= 0.6 is 0 Å². The number of carbonyl (C=O) groups is 1. The van der Waals surface area contributed by atoms with Crippen LogP contribution in [-0.2, 0) is 9.53 Å². The summed E-state index contributed by atoms with van der Waals surface area (Å²) in [5, 5.41) is 0. The molecule has 2 N–H and O–H groups in total. The van der Waals surface area contributed by atoms with Gasteiger partial charge in [-0.05, 0) is 39.2 Å². The van der Waals surface area contributed by atoms with E-state index in [9.17, 15) is 4.79 Å². The predicted octanol–water partition coefficient (Wildman–Crippen LogP) is 0.997. The largest absolute Gasteiger partial charge is 0.377 e. The maximum atomic E-state index is 12.6. The third kappa shape index (κ3) is 2.47. The molecule has 1 heterocycles. The molecule has 0 aromatic rings. The zero-order chi connectivity index (χ0) is 12.4. The number of nitrogens with two attached hydrogens (primary N) is 1. The molecule has 0 aromatic heterocycles. The van der Waals surface area contributed by atoms with Crippen LogP contribution in [0.4, 0.5) is 0 Å². The van der Waals surface area contributed by atoms with Crippen LogP contribution in [0.15, 0.2) is 0 Å². The van der Waals surface area contributed by atoms with Crippen molar-refractivity contribution < 1.29 is 9.53 Å². The Morgan fingerprint density at radius 1 is 1.29 bits per heavy atom. The van der Waals surface area contributed by atoms with Crippen molar-refractivity contribution in [2.45, 2.75) is 45.2 Å². The van der Waals surface area contributed by atoms with Gasteiger partial charge in [-0.1, -0.05) is 6.42 Å². The lowest BCUT2D eigenvalue weighted by atomic mass is 9.93. The van der Waals surface area contributed by atoms with E-state index in [-0.39, 0.29) is 18.0 Å². The van der Waals surface area contributed by atoms with Crippen molar-refractivity contribution in [3.05, 3.63) is 0 Å². The van der Waals surface area contributed by atoms with Crippen LogP contribution in [0, 0.1) is 11.8 Å². The highest BCUT2D eigenvalue weighted by Crippen LogP contribution is 2.33. The standard InChI is InChI=1S/C13H24N2O2/c1-9-7-17-8-10(2)15(9)13(16)12-5-3-4-11(12)6-14/h9-12H,3-8,14H2,1-2H3/t9?,10?,11-,12-/m1/s1. The molecule has 0 spiro atoms. The van der Waals surface area contributed by atoms with Gasteiger partial charge in [-0.15, -0.1) is 0 Å². The highest BCUT2D eigenvalue weighted by molar-refractivity contribution is 5.80. The first kappa shape index (κ1) is 12.8. The first-order valence-corrected chi connectivity index (χ1v) is 6.75. The van der Waals surface area contributed by atoms with Crippen LogP contribution in [0.1, 0.15) is 33.1 Å². The van der Waals surface area contributed by atoms with E-state index in [4.69, 9.17) is 10.5 Å². The van der Waals surface area contributed by atoms with Crippen molar-refractivity contribution in [2.24, 2.45) is 17.6 Å². The minimum atomic E-state index is 0.156. The number of morpholine rings is 1. The summed E-state index contributed by atoms with van der Waals surface area (Å²) in [5.74, 6) is 0.856. The number of rotatable bonds is 2. The highest BCUT2D eigenvalue weighted by Gasteiger charge is 2.39. The Morgan fingerprint density at radius 2 is 1.94 bits per heavy atom. The minimum Gasteiger partial charge on any atom is -0.377 e. The SMILES string of the molecule is CC1COCC(C)N1C(=O)[C@@H]1CCC[C@@H]1CN. The van der Waals surface area contributed by atoms with E-state index in [1.54, 1.807) is 0 Å². The quantitative estimate of drug-likeness (QED) is 0.783. The molecule has 17 heavy (non-hydrogen) atoms. The Labute approximate surface area is 103 Å². The summed E-state index contributed by atoms with van der Waals surface area (Å²) in [6, 6.07) is 0.399. The number of ether oxygens (including phenoxy) is 1. The van der Waals surface area contributed by atoms with Gasteiger partial charge in [-0.25, -0.2) is 0 Å². The summed E-state index contributed by atoms with van der Waals surface area (Å²) in [5.41, 5.74) is 5.77. The summed E-state index contributed by atoms with van der Waals surface area (Å²) >= 11 is 0. The van der Waals surface area contributed by atoms with E-state index >= 15 is 0 Å². The van der Waals surface area contributed by atoms with E-state index in [1.807, 2.05) is 4.90 Å². The lowest BCUT2D eigenvalue weighted by molar-refractivity contribution is -0.149. The van der Waals surface area contributed by atoms with Gasteiger partial charge in [0.25, 0.3) is 0 Å². The molecule has 0 bridgehead atoms. The summed E-state index contributed by atoms with van der Waals surface area (Å²) in [6.07, 6.45) is 3.27. The van der Waals surface area contributed by atoms with Gasteiger partial charge in [0.2, 0.25) is 5.91 Å². The molecule has 1 saturated carbocycles. The second-order valence-corrected chi connectivity index (χ2v) is 5.51. The monoisotopic (exact) mass is 240 g/mol. The second-order valence-electron chi connectivity index (χ2n) is 5.51. The van der Waals surface area contributed by atoms with E-state index < -0.39 is 0 Å². The molecule has 2 unspecified atom stereocenters. The lowest BCUT2D eigenvalue weighted by Gasteiger charge is -2.41. The molecular weight excluding hydrogens is 216 g/mol. The Hall–Kier alpha value is -0.610. The van der Waals surface area contributed by atoms with Crippen molar-refractivity contribution >= 4 is 5.91 Å². The van der Waals surface area contributed by atoms with Crippen molar-refractivity contribution in [1.29, 1.82) is 0 Å². The molecule has 2 rings (SSSR count). The zero-order valence-electron chi connectivity index (χ0n) is 10.9. The van der Waals surface area contributed by atoms with Crippen LogP contribution in [0.2, 0.25) is 0 Å². The number of nitrogens with zero attached hydrogens (tertiary/aromatic N) is 1. The molecule has 4 heteroatoms. The fraction of sp³-hybridized carbons (Fsp3) is 0.923. The number of hydrogen-bond acceptors (Lipinski definition) is 3. The van der Waals surface area contributed by atoms with Crippen LogP contribution in [0.25, 0.3) is 0 Å². The Morgan fingerprint density at radius 3 is 2.53 bits per heavy atom. The maximum Gasteiger partial charge on any atom is 0.226 e. The van der Waals surface area contributed by atoms with Crippen molar-refractivity contribution in [1.82, 2.24) is 4.90 Å². The number of carbonyl (C=O) groups excluding carboxylic acids is 1. The average Bonchev–Trinajstić information content (AvgIpc) is 2.76. The molecule has 1 amide bonds. The van der Waals surface area contributed by atoms with E-state index in [1.165, 1.54) is 0 Å². The molecule has 0 aromatic carbocycles. The third-order valence-corrected chi connectivity index (χ3v) is 4.20. The number of amides is 1. The molecule has 0 radical (unpaired) electrons. The zero-order valence-corrected chi connectivity index (χ0v) is 10.9. The summed E-state index contributed by atoms with van der Waals surface area (Å²) in [4.78, 5) is 14.6. The molecule has 2 aliphatic rings. The first-order valence-electron chi connectivity index (χ1n) is 6.75. The van der Waals surface area contributed by atoms with Gasteiger partial charge in [0.1, 0.15) is 0 Å². The van der Waals surface area contributed by atoms with Crippen LogP contribution in [0.5, 0.6) is 0 Å². The smallest absolute Gasteiger partial charge is 0.226 e. The van der Waals surface area contributed by atoms with Crippen LogP contribution in [-0.4, -0.2) is 42.6 Å². The summed E-state index contributed by atoms with van der Waals surface area (Å²) in [6.45, 7) is 6.11. The predicted molar refractivity (Wildman–Crippen MR) is 66.5 cm³/mol. The van der Waals surface area contributed by atoms with Crippen molar-refractivity contribution in [3.63, 3.8) is 0 Å². The van der Waals surface area contributed by atoms with Gasteiger partial charge in [0.15, 0.2) is 0 Å². The van der Waals surface area contributed by atoms with Crippen molar-refractivity contribution in [3.8, 4) is 0 Å². The molecule has 4 atom stereocenters. The highest BCUT2D eigenvalue weighted by atomic mass is 16.5. The molecule has 2 fully saturated rings. The lowest BCUT2D eigenvalue weighted by Crippen LogP contribution is -2.55.